The normalized spacial score (nSPS) is 15.9. The van der Waals surface area contributed by atoms with E-state index in [1.807, 2.05) is 12.1 Å². The molecule has 3 nitrogen and oxygen atoms in total. The number of halogens is 1. The van der Waals surface area contributed by atoms with Crippen molar-refractivity contribution >= 4 is 5.91 Å². The molecule has 110 valence electrons. The van der Waals surface area contributed by atoms with Gasteiger partial charge in [-0.3, -0.25) is 4.79 Å². The Morgan fingerprint density at radius 3 is 2.85 bits per heavy atom. The number of hydrogen-bond acceptors (Lipinski definition) is 2. The number of ether oxygens (including phenoxy) is 1. The molecule has 1 fully saturated rings. The van der Waals surface area contributed by atoms with Crippen LogP contribution in [0.5, 0.6) is 0 Å². The molecule has 0 aliphatic heterocycles. The van der Waals surface area contributed by atoms with Crippen molar-refractivity contribution in [1.82, 2.24) is 5.32 Å². The Morgan fingerprint density at radius 1 is 1.50 bits per heavy atom. The molecule has 0 bridgehead atoms. The summed E-state index contributed by atoms with van der Waals surface area (Å²) in [6.07, 6.45) is 2.79. The molecule has 1 saturated carbocycles. The quantitative estimate of drug-likeness (QED) is 0.779. The second-order valence-electron chi connectivity index (χ2n) is 5.50. The molecule has 0 radical (unpaired) electrons. The maximum Gasteiger partial charge on any atom is 0.220 e. The van der Waals surface area contributed by atoms with E-state index in [1.54, 1.807) is 14.0 Å². The molecule has 1 aliphatic rings. The molecule has 2 rings (SSSR count). The molecule has 1 unspecified atom stereocenters. The number of benzene rings is 1. The van der Waals surface area contributed by atoms with Crippen molar-refractivity contribution in [2.24, 2.45) is 5.92 Å². The Bertz CT molecular complexity index is 472. The third kappa shape index (κ3) is 4.04. The average Bonchev–Trinajstić information content (AvgIpc) is 3.24. The molecule has 1 atom stereocenters. The second kappa shape index (κ2) is 6.84. The van der Waals surface area contributed by atoms with Crippen molar-refractivity contribution < 1.29 is 13.9 Å². The smallest absolute Gasteiger partial charge is 0.220 e. The zero-order valence-corrected chi connectivity index (χ0v) is 12.1. The second-order valence-corrected chi connectivity index (χ2v) is 5.50. The van der Waals surface area contributed by atoms with E-state index in [4.69, 9.17) is 4.74 Å². The number of aryl methyl sites for hydroxylation is 1. The Morgan fingerprint density at radius 2 is 2.25 bits per heavy atom. The van der Waals surface area contributed by atoms with Crippen LogP contribution < -0.4 is 5.32 Å². The number of rotatable bonds is 7. The SMILES string of the molecule is COCCNC(=O)CC(c1ccc(F)c(C)c1)C1CC1. The number of methoxy groups -OCH3 is 1. The van der Waals surface area contributed by atoms with Crippen LogP contribution in [-0.2, 0) is 9.53 Å². The standard InChI is InChI=1S/C16H22FNO2/c1-11-9-13(5-6-15(11)17)14(12-3-4-12)10-16(19)18-7-8-20-2/h5-6,9,12,14H,3-4,7-8,10H2,1-2H3,(H,18,19). The lowest BCUT2D eigenvalue weighted by Crippen LogP contribution is -2.28. The fraction of sp³-hybridized carbons (Fsp3) is 0.562. The van der Waals surface area contributed by atoms with Crippen LogP contribution in [0.1, 0.15) is 36.3 Å². The van der Waals surface area contributed by atoms with E-state index >= 15 is 0 Å². The Balaban J connectivity index is 2.00. The van der Waals surface area contributed by atoms with Crippen LogP contribution in [0.4, 0.5) is 4.39 Å². The maximum atomic E-state index is 13.4. The fourth-order valence-electron chi connectivity index (χ4n) is 2.52. The number of hydrogen-bond donors (Lipinski definition) is 1. The van der Waals surface area contributed by atoms with Crippen LogP contribution in [0, 0.1) is 18.7 Å². The molecule has 1 amide bonds. The van der Waals surface area contributed by atoms with Crippen LogP contribution in [0.2, 0.25) is 0 Å². The summed E-state index contributed by atoms with van der Waals surface area (Å²) < 4.78 is 18.3. The van der Waals surface area contributed by atoms with E-state index in [9.17, 15) is 9.18 Å². The molecule has 1 aromatic rings. The highest BCUT2D eigenvalue weighted by Gasteiger charge is 2.33. The van der Waals surface area contributed by atoms with E-state index < -0.39 is 0 Å². The Kier molecular flexibility index (Phi) is 5.12. The van der Waals surface area contributed by atoms with Crippen molar-refractivity contribution in [2.45, 2.75) is 32.1 Å². The van der Waals surface area contributed by atoms with Gasteiger partial charge in [0.1, 0.15) is 5.82 Å². The summed E-state index contributed by atoms with van der Waals surface area (Å²) in [5, 5.41) is 2.85. The van der Waals surface area contributed by atoms with E-state index in [1.165, 1.54) is 6.07 Å². The molecular weight excluding hydrogens is 257 g/mol. The highest BCUT2D eigenvalue weighted by atomic mass is 19.1. The summed E-state index contributed by atoms with van der Waals surface area (Å²) in [4.78, 5) is 11.9. The van der Waals surface area contributed by atoms with Gasteiger partial charge in [-0.1, -0.05) is 12.1 Å². The van der Waals surface area contributed by atoms with Crippen molar-refractivity contribution in [1.29, 1.82) is 0 Å². The largest absolute Gasteiger partial charge is 0.383 e. The van der Waals surface area contributed by atoms with Crippen LogP contribution in [0.25, 0.3) is 0 Å². The topological polar surface area (TPSA) is 38.3 Å². The summed E-state index contributed by atoms with van der Waals surface area (Å²) in [5.74, 6) is 0.624. The third-order valence-corrected chi connectivity index (χ3v) is 3.83. The Labute approximate surface area is 119 Å². The summed E-state index contributed by atoms with van der Waals surface area (Å²) in [7, 11) is 1.61. The predicted molar refractivity (Wildman–Crippen MR) is 76.1 cm³/mol. The van der Waals surface area contributed by atoms with E-state index in [2.05, 4.69) is 5.32 Å². The van der Waals surface area contributed by atoms with Gasteiger partial charge in [0.25, 0.3) is 0 Å². The summed E-state index contributed by atoms with van der Waals surface area (Å²) in [5.41, 5.74) is 1.72. The summed E-state index contributed by atoms with van der Waals surface area (Å²) in [6.45, 7) is 2.83. The van der Waals surface area contributed by atoms with E-state index in [-0.39, 0.29) is 17.6 Å². The molecule has 1 N–H and O–H groups in total. The minimum atomic E-state index is -0.187. The fourth-order valence-corrected chi connectivity index (χ4v) is 2.52. The van der Waals surface area contributed by atoms with Gasteiger partial charge in [-0.25, -0.2) is 4.39 Å². The molecule has 20 heavy (non-hydrogen) atoms. The molecule has 0 aromatic heterocycles. The minimum absolute atomic E-state index is 0.0425. The van der Waals surface area contributed by atoms with Gasteiger partial charge >= 0.3 is 0 Å². The van der Waals surface area contributed by atoms with Gasteiger partial charge in [-0.15, -0.1) is 0 Å². The lowest BCUT2D eigenvalue weighted by Gasteiger charge is -2.17. The van der Waals surface area contributed by atoms with E-state index in [0.717, 1.165) is 18.4 Å². The molecule has 4 heteroatoms. The highest BCUT2D eigenvalue weighted by molar-refractivity contribution is 5.77. The Hall–Kier alpha value is -1.42. The maximum absolute atomic E-state index is 13.4. The van der Waals surface area contributed by atoms with Crippen LogP contribution >= 0.6 is 0 Å². The molecule has 0 heterocycles. The number of carbonyl (C=O) groups excluding carboxylic acids is 1. The van der Waals surface area contributed by atoms with Gasteiger partial charge in [0.2, 0.25) is 5.91 Å². The third-order valence-electron chi connectivity index (χ3n) is 3.83. The lowest BCUT2D eigenvalue weighted by molar-refractivity contribution is -0.121. The van der Waals surface area contributed by atoms with Gasteiger partial charge in [0.05, 0.1) is 6.61 Å². The van der Waals surface area contributed by atoms with E-state index in [0.29, 0.717) is 31.1 Å². The molecule has 0 spiro atoms. The first-order valence-electron chi connectivity index (χ1n) is 7.13. The van der Waals surface area contributed by atoms with Gasteiger partial charge < -0.3 is 10.1 Å². The van der Waals surface area contributed by atoms with Crippen molar-refractivity contribution in [3.05, 3.63) is 35.1 Å². The number of carbonyl (C=O) groups is 1. The van der Waals surface area contributed by atoms with Gasteiger partial charge in [-0.2, -0.15) is 0 Å². The number of amides is 1. The van der Waals surface area contributed by atoms with Crippen LogP contribution in [0.15, 0.2) is 18.2 Å². The minimum Gasteiger partial charge on any atom is -0.383 e. The van der Waals surface area contributed by atoms with Crippen LogP contribution in [0.3, 0.4) is 0 Å². The van der Waals surface area contributed by atoms with Crippen LogP contribution in [-0.4, -0.2) is 26.2 Å². The first-order chi connectivity index (χ1) is 9.61. The van der Waals surface area contributed by atoms with Crippen molar-refractivity contribution in [3.8, 4) is 0 Å². The molecular formula is C16H22FNO2. The van der Waals surface area contributed by atoms with Gasteiger partial charge in [-0.05, 0) is 48.8 Å². The first-order valence-corrected chi connectivity index (χ1v) is 7.13. The summed E-state index contributed by atoms with van der Waals surface area (Å²) in [6, 6.07) is 5.19. The number of nitrogens with one attached hydrogen (secondary N) is 1. The summed E-state index contributed by atoms with van der Waals surface area (Å²) >= 11 is 0. The molecule has 1 aliphatic carbocycles. The lowest BCUT2D eigenvalue weighted by atomic mass is 9.89. The van der Waals surface area contributed by atoms with Crippen molar-refractivity contribution in [2.75, 3.05) is 20.3 Å². The zero-order chi connectivity index (χ0) is 14.5. The first kappa shape index (κ1) is 15.0. The van der Waals surface area contributed by atoms with Gasteiger partial charge in [0.15, 0.2) is 0 Å². The monoisotopic (exact) mass is 279 g/mol. The zero-order valence-electron chi connectivity index (χ0n) is 12.1. The predicted octanol–water partition coefficient (Wildman–Crippen LogP) is 2.78. The molecule has 1 aromatic carbocycles. The van der Waals surface area contributed by atoms with Gasteiger partial charge in [0, 0.05) is 20.1 Å². The van der Waals surface area contributed by atoms with Crippen molar-refractivity contribution in [3.63, 3.8) is 0 Å². The highest BCUT2D eigenvalue weighted by Crippen LogP contribution is 2.44. The average molecular weight is 279 g/mol. The molecule has 0 saturated heterocycles.